The fraction of sp³-hybridized carbons (Fsp3) is 0.267. The van der Waals surface area contributed by atoms with E-state index in [-0.39, 0.29) is 12.7 Å². The zero-order chi connectivity index (χ0) is 27.5. The van der Waals surface area contributed by atoms with Crippen molar-refractivity contribution in [3.63, 3.8) is 0 Å². The number of nitrogens with zero attached hydrogens (tertiary/aromatic N) is 4. The average molecular weight is 596 g/mol. The molecule has 0 saturated carbocycles. The van der Waals surface area contributed by atoms with Gasteiger partial charge >= 0.3 is 0 Å². The van der Waals surface area contributed by atoms with Crippen LogP contribution in [0.25, 0.3) is 0 Å². The molecular weight excluding hydrogens is 567 g/mol. The Morgan fingerprint density at radius 3 is 2.40 bits per heavy atom. The number of anilines is 1. The summed E-state index contributed by atoms with van der Waals surface area (Å²) in [6.07, 6.45) is 0. The van der Waals surface area contributed by atoms with Gasteiger partial charge in [-0.1, -0.05) is 53.5 Å². The van der Waals surface area contributed by atoms with E-state index in [1.807, 2.05) is 70.9 Å². The highest BCUT2D eigenvalue weighted by molar-refractivity contribution is 7.09. The Hall–Kier alpha value is -3.30. The first-order valence-corrected chi connectivity index (χ1v) is 14.7. The van der Waals surface area contributed by atoms with Crippen molar-refractivity contribution in [2.75, 3.05) is 37.9 Å². The molecule has 0 spiro atoms. The SMILES string of the molecule is O=C(c1csc(CN(Cc2ccc(Cl)cc2)Cc2ccc3c(c2)OCO3)n1)N1CCN(c2ccccc2Cl)CC1. The Morgan fingerprint density at radius 2 is 1.60 bits per heavy atom. The van der Waals surface area contributed by atoms with Gasteiger partial charge in [-0.05, 0) is 47.5 Å². The normalized spacial score (nSPS) is 14.7. The summed E-state index contributed by atoms with van der Waals surface area (Å²) < 4.78 is 11.0. The minimum Gasteiger partial charge on any atom is -0.454 e. The predicted octanol–water partition coefficient (Wildman–Crippen LogP) is 6.34. The molecule has 40 heavy (non-hydrogen) atoms. The van der Waals surface area contributed by atoms with Crippen molar-refractivity contribution in [2.24, 2.45) is 0 Å². The molecule has 10 heteroatoms. The van der Waals surface area contributed by atoms with Gasteiger partial charge < -0.3 is 19.3 Å². The second-order valence-corrected chi connectivity index (χ2v) is 11.6. The van der Waals surface area contributed by atoms with Crippen LogP contribution in [0.1, 0.15) is 26.6 Å². The standard InChI is InChI=1S/C30H28Cl2N4O3S/c31-23-8-5-21(6-9-23)16-34(17-22-7-10-27-28(15-22)39-20-38-27)18-29-33-25(19-40-29)30(37)36-13-11-35(12-14-36)26-4-2-1-3-24(26)32/h1-10,15,19H,11-14,16-18,20H2. The number of piperazine rings is 1. The molecule has 0 bridgehead atoms. The van der Waals surface area contributed by atoms with Crippen molar-refractivity contribution in [3.8, 4) is 11.5 Å². The van der Waals surface area contributed by atoms with Crippen LogP contribution in [-0.2, 0) is 19.6 Å². The molecule has 0 radical (unpaired) electrons. The lowest BCUT2D eigenvalue weighted by molar-refractivity contribution is 0.0741. The van der Waals surface area contributed by atoms with Crippen LogP contribution in [0.2, 0.25) is 10.0 Å². The Labute approximate surface area is 247 Å². The first-order chi connectivity index (χ1) is 19.5. The van der Waals surface area contributed by atoms with Crippen LogP contribution in [-0.4, -0.2) is 53.7 Å². The van der Waals surface area contributed by atoms with E-state index < -0.39 is 0 Å². The molecule has 7 nitrogen and oxygen atoms in total. The van der Waals surface area contributed by atoms with Crippen LogP contribution in [0, 0.1) is 0 Å². The molecule has 1 fully saturated rings. The molecule has 2 aliphatic rings. The number of thiazole rings is 1. The Balaban J connectivity index is 1.12. The number of aromatic nitrogens is 1. The summed E-state index contributed by atoms with van der Waals surface area (Å²) in [5.74, 6) is 1.51. The highest BCUT2D eigenvalue weighted by Crippen LogP contribution is 2.33. The van der Waals surface area contributed by atoms with E-state index >= 15 is 0 Å². The number of para-hydroxylation sites is 1. The van der Waals surface area contributed by atoms with Gasteiger partial charge in [0.25, 0.3) is 5.91 Å². The maximum absolute atomic E-state index is 13.3. The van der Waals surface area contributed by atoms with Crippen LogP contribution < -0.4 is 14.4 Å². The van der Waals surface area contributed by atoms with Crippen molar-refractivity contribution in [3.05, 3.63) is 104 Å². The molecule has 0 aliphatic carbocycles. The summed E-state index contributed by atoms with van der Waals surface area (Å²) in [7, 11) is 0. The lowest BCUT2D eigenvalue weighted by atomic mass is 10.1. The topological polar surface area (TPSA) is 58.1 Å². The zero-order valence-electron chi connectivity index (χ0n) is 21.8. The third-order valence-corrected chi connectivity index (χ3v) is 8.46. The third-order valence-electron chi connectivity index (χ3n) is 7.05. The quantitative estimate of drug-likeness (QED) is 0.237. The van der Waals surface area contributed by atoms with Crippen LogP contribution in [0.4, 0.5) is 5.69 Å². The lowest BCUT2D eigenvalue weighted by Gasteiger charge is -2.36. The summed E-state index contributed by atoms with van der Waals surface area (Å²) in [6, 6.07) is 21.7. The minimum atomic E-state index is -0.0265. The van der Waals surface area contributed by atoms with Crippen molar-refractivity contribution < 1.29 is 14.3 Å². The van der Waals surface area contributed by atoms with E-state index in [9.17, 15) is 4.79 Å². The lowest BCUT2D eigenvalue weighted by Crippen LogP contribution is -2.49. The fourth-order valence-corrected chi connectivity index (χ4v) is 6.20. The molecule has 206 valence electrons. The average Bonchev–Trinajstić information content (AvgIpc) is 3.64. The molecule has 4 aromatic rings. The minimum absolute atomic E-state index is 0.0265. The number of rotatable bonds is 8. The molecule has 2 aliphatic heterocycles. The fourth-order valence-electron chi connectivity index (χ4n) is 5.01. The molecule has 3 aromatic carbocycles. The van der Waals surface area contributed by atoms with Gasteiger partial charge in [0, 0.05) is 49.7 Å². The monoisotopic (exact) mass is 594 g/mol. The molecule has 3 heterocycles. The summed E-state index contributed by atoms with van der Waals surface area (Å²) in [6.45, 7) is 4.97. The highest BCUT2D eigenvalue weighted by Gasteiger charge is 2.25. The summed E-state index contributed by atoms with van der Waals surface area (Å²) in [5, 5.41) is 4.21. The number of hydrogen-bond acceptors (Lipinski definition) is 7. The van der Waals surface area contributed by atoms with E-state index in [0.717, 1.165) is 51.4 Å². The molecule has 0 N–H and O–H groups in total. The molecule has 1 saturated heterocycles. The Kier molecular flexibility index (Phi) is 8.11. The zero-order valence-corrected chi connectivity index (χ0v) is 24.1. The van der Waals surface area contributed by atoms with E-state index in [1.54, 1.807) is 0 Å². The first-order valence-electron chi connectivity index (χ1n) is 13.1. The Bertz CT molecular complexity index is 1490. The number of fused-ring (bicyclic) bond motifs is 1. The van der Waals surface area contributed by atoms with Crippen LogP contribution in [0.3, 0.4) is 0 Å². The largest absolute Gasteiger partial charge is 0.454 e. The summed E-state index contributed by atoms with van der Waals surface area (Å²) in [5.41, 5.74) is 3.77. The van der Waals surface area contributed by atoms with Gasteiger partial charge in [0.2, 0.25) is 6.79 Å². The number of halogens is 2. The van der Waals surface area contributed by atoms with Gasteiger partial charge in [-0.3, -0.25) is 9.69 Å². The molecule has 6 rings (SSSR count). The van der Waals surface area contributed by atoms with Gasteiger partial charge in [0.15, 0.2) is 11.5 Å². The summed E-state index contributed by atoms with van der Waals surface area (Å²) >= 11 is 14.0. The van der Waals surface area contributed by atoms with Crippen molar-refractivity contribution in [1.82, 2.24) is 14.8 Å². The van der Waals surface area contributed by atoms with E-state index in [4.69, 9.17) is 37.7 Å². The predicted molar refractivity (Wildman–Crippen MR) is 159 cm³/mol. The molecule has 1 amide bonds. The van der Waals surface area contributed by atoms with E-state index in [1.165, 1.54) is 11.3 Å². The Morgan fingerprint density at radius 1 is 0.875 bits per heavy atom. The van der Waals surface area contributed by atoms with Crippen molar-refractivity contribution in [2.45, 2.75) is 19.6 Å². The molecule has 1 aromatic heterocycles. The highest BCUT2D eigenvalue weighted by atomic mass is 35.5. The maximum Gasteiger partial charge on any atom is 0.273 e. The van der Waals surface area contributed by atoms with Gasteiger partial charge in [-0.15, -0.1) is 11.3 Å². The van der Waals surface area contributed by atoms with Crippen LogP contribution in [0.15, 0.2) is 72.1 Å². The van der Waals surface area contributed by atoms with Gasteiger partial charge in [-0.25, -0.2) is 4.98 Å². The van der Waals surface area contributed by atoms with E-state index in [2.05, 4.69) is 15.9 Å². The van der Waals surface area contributed by atoms with Crippen molar-refractivity contribution >= 4 is 46.1 Å². The van der Waals surface area contributed by atoms with Gasteiger partial charge in [0.05, 0.1) is 17.3 Å². The number of benzene rings is 3. The molecular formula is C30H28Cl2N4O3S. The van der Waals surface area contributed by atoms with Crippen LogP contribution >= 0.6 is 34.5 Å². The number of carbonyl (C=O) groups is 1. The second kappa shape index (κ2) is 12.1. The first kappa shape index (κ1) is 26.9. The van der Waals surface area contributed by atoms with Crippen molar-refractivity contribution in [1.29, 1.82) is 0 Å². The van der Waals surface area contributed by atoms with Gasteiger partial charge in [-0.2, -0.15) is 0 Å². The number of ether oxygens (including phenoxy) is 2. The van der Waals surface area contributed by atoms with Gasteiger partial charge in [0.1, 0.15) is 10.7 Å². The number of hydrogen-bond donors (Lipinski definition) is 0. The third kappa shape index (κ3) is 6.20. The van der Waals surface area contributed by atoms with E-state index in [0.29, 0.717) is 43.4 Å². The number of amides is 1. The second-order valence-electron chi connectivity index (χ2n) is 9.82. The number of carbonyl (C=O) groups excluding carboxylic acids is 1. The smallest absolute Gasteiger partial charge is 0.273 e. The molecule has 0 atom stereocenters. The van der Waals surface area contributed by atoms with Crippen LogP contribution in [0.5, 0.6) is 11.5 Å². The maximum atomic E-state index is 13.3. The molecule has 0 unspecified atom stereocenters. The summed E-state index contributed by atoms with van der Waals surface area (Å²) in [4.78, 5) is 24.5.